The molecule has 172 valence electrons. The number of hydrogen-bond acceptors (Lipinski definition) is 4. The summed E-state index contributed by atoms with van der Waals surface area (Å²) in [6.07, 6.45) is 14.9. The third-order valence-corrected chi connectivity index (χ3v) is 4.90. The van der Waals surface area contributed by atoms with Crippen molar-refractivity contribution in [1.82, 2.24) is 0 Å². The fraction of sp³-hybridized carbons (Fsp3) is 0.875. The SMILES string of the molecule is CC.CCCC(=O)OC(CCCCCCCC(C)=O)CCCCCCCC(=O)Cl. The van der Waals surface area contributed by atoms with Crippen molar-refractivity contribution in [2.24, 2.45) is 0 Å². The first-order chi connectivity index (χ1) is 14.0. The predicted molar refractivity (Wildman–Crippen MR) is 122 cm³/mol. The van der Waals surface area contributed by atoms with E-state index in [2.05, 4.69) is 0 Å². The minimum Gasteiger partial charge on any atom is -0.462 e. The van der Waals surface area contributed by atoms with E-state index in [0.717, 1.165) is 83.5 Å². The van der Waals surface area contributed by atoms with Gasteiger partial charge in [0.2, 0.25) is 5.24 Å². The van der Waals surface area contributed by atoms with E-state index in [4.69, 9.17) is 16.3 Å². The highest BCUT2D eigenvalue weighted by molar-refractivity contribution is 6.63. The maximum Gasteiger partial charge on any atom is 0.306 e. The number of hydrogen-bond donors (Lipinski definition) is 0. The van der Waals surface area contributed by atoms with Crippen molar-refractivity contribution in [3.05, 3.63) is 0 Å². The van der Waals surface area contributed by atoms with E-state index in [1.165, 1.54) is 0 Å². The Morgan fingerprint density at radius 3 is 1.62 bits per heavy atom. The molecule has 0 aliphatic carbocycles. The van der Waals surface area contributed by atoms with Gasteiger partial charge in [0.1, 0.15) is 11.9 Å². The molecule has 0 heterocycles. The van der Waals surface area contributed by atoms with E-state index >= 15 is 0 Å². The summed E-state index contributed by atoms with van der Waals surface area (Å²) in [6.45, 7) is 7.63. The molecule has 0 aromatic heterocycles. The maximum absolute atomic E-state index is 11.8. The van der Waals surface area contributed by atoms with Crippen LogP contribution in [-0.4, -0.2) is 23.1 Å². The second-order valence-corrected chi connectivity index (χ2v) is 7.95. The standard InChI is InChI=1S/C22H39ClO4.C2H6/c1-3-14-22(26)27-20(16-11-7-4-6-10-15-19(2)24)17-12-8-5-9-13-18-21(23)25;1-2/h20H,3-18H2,1-2H3;1-2H3. The van der Waals surface area contributed by atoms with Crippen LogP contribution in [-0.2, 0) is 19.1 Å². The molecule has 0 aromatic carbocycles. The molecule has 0 aliphatic heterocycles. The van der Waals surface area contributed by atoms with Crippen molar-refractivity contribution < 1.29 is 19.1 Å². The molecule has 0 amide bonds. The van der Waals surface area contributed by atoms with Gasteiger partial charge in [-0.15, -0.1) is 0 Å². The van der Waals surface area contributed by atoms with Crippen LogP contribution in [0.15, 0.2) is 0 Å². The molecule has 0 radical (unpaired) electrons. The van der Waals surface area contributed by atoms with E-state index in [-0.39, 0.29) is 23.1 Å². The summed E-state index contributed by atoms with van der Waals surface area (Å²) in [5, 5.41) is -0.251. The van der Waals surface area contributed by atoms with Crippen molar-refractivity contribution in [2.45, 2.75) is 137 Å². The zero-order chi connectivity index (χ0) is 22.3. The first-order valence-corrected chi connectivity index (χ1v) is 12.2. The Hall–Kier alpha value is -0.900. The third kappa shape index (κ3) is 25.1. The van der Waals surface area contributed by atoms with E-state index in [9.17, 15) is 14.4 Å². The third-order valence-electron chi connectivity index (χ3n) is 4.71. The van der Waals surface area contributed by atoms with E-state index in [1.807, 2.05) is 20.8 Å². The molecule has 1 atom stereocenters. The van der Waals surface area contributed by atoms with Crippen molar-refractivity contribution in [3.63, 3.8) is 0 Å². The molecule has 0 aliphatic rings. The van der Waals surface area contributed by atoms with Crippen LogP contribution in [0.3, 0.4) is 0 Å². The van der Waals surface area contributed by atoms with Gasteiger partial charge in [-0.1, -0.05) is 59.3 Å². The molecule has 5 heteroatoms. The number of unbranched alkanes of at least 4 members (excludes halogenated alkanes) is 8. The quantitative estimate of drug-likeness (QED) is 0.120. The Balaban J connectivity index is 0. The average molecular weight is 433 g/mol. The Labute approximate surface area is 184 Å². The zero-order valence-corrected chi connectivity index (χ0v) is 20.2. The number of Topliss-reactive ketones (excluding diaryl/α,β-unsaturated/α-hetero) is 1. The normalized spacial score (nSPS) is 11.3. The maximum atomic E-state index is 11.8. The Kier molecular flexibility index (Phi) is 24.4. The predicted octanol–water partition coefficient (Wildman–Crippen LogP) is 7.54. The molecule has 29 heavy (non-hydrogen) atoms. The van der Waals surface area contributed by atoms with Gasteiger partial charge in [0.25, 0.3) is 0 Å². The minimum atomic E-state index is -0.251. The lowest BCUT2D eigenvalue weighted by Crippen LogP contribution is -2.18. The largest absolute Gasteiger partial charge is 0.462 e. The lowest BCUT2D eigenvalue weighted by molar-refractivity contribution is -0.149. The van der Waals surface area contributed by atoms with Crippen LogP contribution >= 0.6 is 11.6 Å². The minimum absolute atomic E-state index is 0.0330. The van der Waals surface area contributed by atoms with E-state index in [1.54, 1.807) is 6.92 Å². The number of halogens is 1. The average Bonchev–Trinajstić information content (AvgIpc) is 2.67. The molecule has 0 spiro atoms. The van der Waals surface area contributed by atoms with Gasteiger partial charge in [0.15, 0.2) is 0 Å². The molecule has 4 nitrogen and oxygen atoms in total. The molecular formula is C24H45ClO4. The lowest BCUT2D eigenvalue weighted by Gasteiger charge is -2.18. The van der Waals surface area contributed by atoms with Crippen LogP contribution in [0, 0.1) is 0 Å². The van der Waals surface area contributed by atoms with Crippen LogP contribution < -0.4 is 0 Å². The Morgan fingerprint density at radius 1 is 0.724 bits per heavy atom. The number of carbonyl (C=O) groups is 3. The van der Waals surface area contributed by atoms with E-state index < -0.39 is 0 Å². The summed E-state index contributed by atoms with van der Waals surface area (Å²) in [4.78, 5) is 33.4. The number of carbonyl (C=O) groups excluding carboxylic acids is 3. The molecule has 0 fully saturated rings. The van der Waals surface area contributed by atoms with Gasteiger partial charge in [0, 0.05) is 19.3 Å². The zero-order valence-electron chi connectivity index (χ0n) is 19.4. The fourth-order valence-corrected chi connectivity index (χ4v) is 3.29. The number of ether oxygens (including phenoxy) is 1. The number of esters is 1. The van der Waals surface area contributed by atoms with Gasteiger partial charge in [-0.25, -0.2) is 0 Å². The Morgan fingerprint density at radius 2 is 1.17 bits per heavy atom. The first-order valence-electron chi connectivity index (χ1n) is 11.8. The topological polar surface area (TPSA) is 60.4 Å². The summed E-state index contributed by atoms with van der Waals surface area (Å²) in [5.74, 6) is 0.191. The summed E-state index contributed by atoms with van der Waals surface area (Å²) < 4.78 is 5.66. The van der Waals surface area contributed by atoms with Crippen LogP contribution in [0.1, 0.15) is 130 Å². The summed E-state index contributed by atoms with van der Waals surface area (Å²) in [7, 11) is 0. The first kappa shape index (κ1) is 30.3. The molecule has 1 unspecified atom stereocenters. The van der Waals surface area contributed by atoms with Crippen molar-refractivity contribution >= 4 is 28.6 Å². The van der Waals surface area contributed by atoms with Gasteiger partial charge in [-0.2, -0.15) is 0 Å². The number of rotatable bonds is 19. The van der Waals surface area contributed by atoms with Crippen LogP contribution in [0.25, 0.3) is 0 Å². The lowest BCUT2D eigenvalue weighted by atomic mass is 10.0. The highest BCUT2D eigenvalue weighted by Gasteiger charge is 2.13. The molecule has 0 rings (SSSR count). The highest BCUT2D eigenvalue weighted by atomic mass is 35.5. The fourth-order valence-electron chi connectivity index (χ4n) is 3.15. The van der Waals surface area contributed by atoms with Crippen molar-refractivity contribution in [3.8, 4) is 0 Å². The van der Waals surface area contributed by atoms with Gasteiger partial charge in [0.05, 0.1) is 0 Å². The Bertz CT molecular complexity index is 382. The highest BCUT2D eigenvalue weighted by Crippen LogP contribution is 2.17. The van der Waals surface area contributed by atoms with Crippen molar-refractivity contribution in [2.75, 3.05) is 0 Å². The van der Waals surface area contributed by atoms with Crippen LogP contribution in [0.2, 0.25) is 0 Å². The van der Waals surface area contributed by atoms with Gasteiger partial charge < -0.3 is 9.53 Å². The molecule has 0 N–H and O–H groups in total. The monoisotopic (exact) mass is 432 g/mol. The number of ketones is 1. The van der Waals surface area contributed by atoms with Gasteiger partial charge in [-0.05, 0) is 63.5 Å². The van der Waals surface area contributed by atoms with Crippen LogP contribution in [0.4, 0.5) is 0 Å². The molecule has 0 bridgehead atoms. The summed E-state index contributed by atoms with van der Waals surface area (Å²) in [6, 6.07) is 0. The second kappa shape index (κ2) is 23.4. The van der Waals surface area contributed by atoms with Gasteiger partial charge >= 0.3 is 5.97 Å². The van der Waals surface area contributed by atoms with E-state index in [0.29, 0.717) is 19.3 Å². The van der Waals surface area contributed by atoms with Crippen molar-refractivity contribution in [1.29, 1.82) is 0 Å². The molecule has 0 saturated heterocycles. The summed E-state index contributed by atoms with van der Waals surface area (Å²) in [5.41, 5.74) is 0. The smallest absolute Gasteiger partial charge is 0.306 e. The summed E-state index contributed by atoms with van der Waals surface area (Å²) >= 11 is 5.33. The molecular weight excluding hydrogens is 388 g/mol. The molecule has 0 saturated carbocycles. The second-order valence-electron chi connectivity index (χ2n) is 7.53. The van der Waals surface area contributed by atoms with Crippen LogP contribution in [0.5, 0.6) is 0 Å². The van der Waals surface area contributed by atoms with Gasteiger partial charge in [-0.3, -0.25) is 9.59 Å². The molecule has 0 aromatic rings.